The number of nitrogens with one attached hydrogen (secondary N) is 1. The Bertz CT molecular complexity index is 1090. The van der Waals surface area contributed by atoms with Crippen molar-refractivity contribution in [1.29, 1.82) is 0 Å². The first kappa shape index (κ1) is 20.8. The van der Waals surface area contributed by atoms with Crippen LogP contribution in [0.4, 0.5) is 5.69 Å². The Morgan fingerprint density at radius 1 is 1.13 bits per heavy atom. The molecule has 6 nitrogen and oxygen atoms in total. The zero-order valence-corrected chi connectivity index (χ0v) is 18.4. The second-order valence-electron chi connectivity index (χ2n) is 7.48. The number of hydrogen-bond acceptors (Lipinski definition) is 5. The number of fused-ring (bicyclic) bond motifs is 1. The summed E-state index contributed by atoms with van der Waals surface area (Å²) in [6.45, 7) is 2.83. The lowest BCUT2D eigenvalue weighted by molar-refractivity contribution is -0.116. The molecule has 30 heavy (non-hydrogen) atoms. The summed E-state index contributed by atoms with van der Waals surface area (Å²) in [6.07, 6.45) is 4.61. The number of aromatic nitrogens is 3. The van der Waals surface area contributed by atoms with Crippen molar-refractivity contribution in [3.63, 3.8) is 0 Å². The Kier molecular flexibility index (Phi) is 6.29. The number of hydrogen-bond donors (Lipinski definition) is 1. The van der Waals surface area contributed by atoms with Crippen molar-refractivity contribution in [2.24, 2.45) is 0 Å². The van der Waals surface area contributed by atoms with E-state index in [2.05, 4.69) is 20.1 Å². The SMILES string of the molecule is Cc1ccc(C(=O)CCC(=O)Nc2ccc(Cl)c(-c3nnc4n3CCCCC4)c2)s1. The van der Waals surface area contributed by atoms with E-state index in [-0.39, 0.29) is 24.5 Å². The lowest BCUT2D eigenvalue weighted by Gasteiger charge is -2.11. The molecule has 3 aromatic rings. The fourth-order valence-corrected chi connectivity index (χ4v) is 4.65. The summed E-state index contributed by atoms with van der Waals surface area (Å²) in [6, 6.07) is 9.07. The Balaban J connectivity index is 1.45. The van der Waals surface area contributed by atoms with Crippen LogP contribution >= 0.6 is 22.9 Å². The van der Waals surface area contributed by atoms with E-state index in [1.807, 2.05) is 25.1 Å². The van der Waals surface area contributed by atoms with Crippen molar-refractivity contribution in [3.8, 4) is 11.4 Å². The zero-order valence-electron chi connectivity index (χ0n) is 16.8. The molecule has 3 heterocycles. The lowest BCUT2D eigenvalue weighted by Crippen LogP contribution is -2.13. The fourth-order valence-electron chi connectivity index (χ4n) is 3.62. The largest absolute Gasteiger partial charge is 0.326 e. The molecule has 0 atom stereocenters. The first-order chi connectivity index (χ1) is 14.5. The Labute approximate surface area is 184 Å². The van der Waals surface area contributed by atoms with Gasteiger partial charge in [0.15, 0.2) is 11.6 Å². The first-order valence-electron chi connectivity index (χ1n) is 10.1. The van der Waals surface area contributed by atoms with Gasteiger partial charge < -0.3 is 9.88 Å². The summed E-state index contributed by atoms with van der Waals surface area (Å²) in [4.78, 5) is 26.4. The van der Waals surface area contributed by atoms with Crippen molar-refractivity contribution in [3.05, 3.63) is 50.9 Å². The fraction of sp³-hybridized carbons (Fsp3) is 0.364. The van der Waals surface area contributed by atoms with Crippen LogP contribution in [0.3, 0.4) is 0 Å². The van der Waals surface area contributed by atoms with Gasteiger partial charge in [-0.2, -0.15) is 0 Å². The highest BCUT2D eigenvalue weighted by atomic mass is 35.5. The number of benzene rings is 1. The van der Waals surface area contributed by atoms with E-state index in [0.717, 1.165) is 47.9 Å². The van der Waals surface area contributed by atoms with Crippen LogP contribution in [-0.2, 0) is 17.8 Å². The molecule has 0 radical (unpaired) electrons. The topological polar surface area (TPSA) is 76.9 Å². The predicted molar refractivity (Wildman–Crippen MR) is 119 cm³/mol. The van der Waals surface area contributed by atoms with Crippen LogP contribution in [0.2, 0.25) is 5.02 Å². The van der Waals surface area contributed by atoms with Crippen LogP contribution < -0.4 is 5.32 Å². The second kappa shape index (κ2) is 9.10. The van der Waals surface area contributed by atoms with Gasteiger partial charge in [0, 0.05) is 41.9 Å². The maximum absolute atomic E-state index is 12.4. The van der Waals surface area contributed by atoms with Gasteiger partial charge in [-0.15, -0.1) is 21.5 Å². The highest BCUT2D eigenvalue weighted by molar-refractivity contribution is 7.14. The van der Waals surface area contributed by atoms with Gasteiger partial charge in [-0.3, -0.25) is 9.59 Å². The van der Waals surface area contributed by atoms with Crippen molar-refractivity contribution in [2.45, 2.75) is 52.0 Å². The van der Waals surface area contributed by atoms with Crippen LogP contribution in [-0.4, -0.2) is 26.5 Å². The normalized spacial score (nSPS) is 13.5. The quantitative estimate of drug-likeness (QED) is 0.525. The van der Waals surface area contributed by atoms with E-state index >= 15 is 0 Å². The summed E-state index contributed by atoms with van der Waals surface area (Å²) >= 11 is 7.90. The second-order valence-corrected chi connectivity index (χ2v) is 9.17. The summed E-state index contributed by atoms with van der Waals surface area (Å²) in [5.74, 6) is 1.50. The minimum atomic E-state index is -0.204. The molecule has 0 fully saturated rings. The van der Waals surface area contributed by atoms with Gasteiger partial charge in [0.2, 0.25) is 5.91 Å². The van der Waals surface area contributed by atoms with E-state index in [1.165, 1.54) is 17.8 Å². The molecule has 1 aliphatic heterocycles. The standard InChI is InChI=1S/C22H23ClN4O2S/c1-14-6-10-19(30-14)18(28)9-11-21(29)24-15-7-8-17(23)16(13-15)22-26-25-20-5-3-2-4-12-27(20)22/h6-8,10,13H,2-5,9,11-12H2,1H3,(H,24,29). The number of anilines is 1. The predicted octanol–water partition coefficient (Wildman–Crippen LogP) is 5.30. The number of Topliss-reactive ketones (excluding diaryl/α,β-unsaturated/α-hetero) is 1. The van der Waals surface area contributed by atoms with E-state index in [1.54, 1.807) is 12.1 Å². The zero-order chi connectivity index (χ0) is 21.1. The van der Waals surface area contributed by atoms with E-state index in [0.29, 0.717) is 15.6 Å². The molecule has 8 heteroatoms. The molecular weight excluding hydrogens is 420 g/mol. The van der Waals surface area contributed by atoms with Crippen molar-refractivity contribution in [2.75, 3.05) is 5.32 Å². The third kappa shape index (κ3) is 4.63. The number of carbonyl (C=O) groups excluding carboxylic acids is 2. The van der Waals surface area contributed by atoms with Crippen LogP contribution in [0.25, 0.3) is 11.4 Å². The molecule has 1 aromatic carbocycles. The number of nitrogens with zero attached hydrogens (tertiary/aromatic N) is 3. The Morgan fingerprint density at radius 2 is 2.00 bits per heavy atom. The van der Waals surface area contributed by atoms with Gasteiger partial charge in [-0.1, -0.05) is 18.0 Å². The van der Waals surface area contributed by atoms with Crippen LogP contribution in [0.15, 0.2) is 30.3 Å². The number of carbonyl (C=O) groups is 2. The average Bonchev–Trinajstić information content (AvgIpc) is 3.27. The van der Waals surface area contributed by atoms with Crippen molar-refractivity contribution >= 4 is 40.3 Å². The van der Waals surface area contributed by atoms with E-state index in [9.17, 15) is 9.59 Å². The maximum Gasteiger partial charge on any atom is 0.224 e. The molecule has 0 unspecified atom stereocenters. The summed E-state index contributed by atoms with van der Waals surface area (Å²) in [7, 11) is 0. The molecule has 4 rings (SSSR count). The van der Waals surface area contributed by atoms with Gasteiger partial charge in [0.05, 0.1) is 9.90 Å². The maximum atomic E-state index is 12.4. The molecule has 156 valence electrons. The molecule has 0 spiro atoms. The summed E-state index contributed by atoms with van der Waals surface area (Å²) in [5.41, 5.74) is 1.38. The van der Waals surface area contributed by atoms with Crippen LogP contribution in [0, 0.1) is 6.92 Å². The van der Waals surface area contributed by atoms with Crippen LogP contribution in [0.1, 0.15) is 52.5 Å². The van der Waals surface area contributed by atoms with Gasteiger partial charge in [0.1, 0.15) is 5.82 Å². The van der Waals surface area contributed by atoms with Gasteiger partial charge >= 0.3 is 0 Å². The Hall–Kier alpha value is -2.51. The van der Waals surface area contributed by atoms with Crippen molar-refractivity contribution in [1.82, 2.24) is 14.8 Å². The highest BCUT2D eigenvalue weighted by Gasteiger charge is 2.19. The minimum absolute atomic E-state index is 0.00815. The highest BCUT2D eigenvalue weighted by Crippen LogP contribution is 2.31. The monoisotopic (exact) mass is 442 g/mol. The molecule has 2 aromatic heterocycles. The molecule has 1 N–H and O–H groups in total. The minimum Gasteiger partial charge on any atom is -0.326 e. The smallest absolute Gasteiger partial charge is 0.224 e. The van der Waals surface area contributed by atoms with Crippen molar-refractivity contribution < 1.29 is 9.59 Å². The molecule has 1 aliphatic rings. The average molecular weight is 443 g/mol. The van der Waals surface area contributed by atoms with E-state index in [4.69, 9.17) is 11.6 Å². The van der Waals surface area contributed by atoms with Gasteiger partial charge in [-0.05, 0) is 50.1 Å². The lowest BCUT2D eigenvalue weighted by atomic mass is 10.1. The van der Waals surface area contributed by atoms with Crippen LogP contribution in [0.5, 0.6) is 0 Å². The number of aryl methyl sites for hydroxylation is 2. The third-order valence-corrected chi connectivity index (χ3v) is 6.57. The van der Waals surface area contributed by atoms with Gasteiger partial charge in [-0.25, -0.2) is 0 Å². The molecule has 0 aliphatic carbocycles. The number of ketones is 1. The molecule has 0 bridgehead atoms. The third-order valence-electron chi connectivity index (χ3n) is 5.19. The van der Waals surface area contributed by atoms with E-state index < -0.39 is 0 Å². The Morgan fingerprint density at radius 3 is 2.80 bits per heavy atom. The molecule has 1 amide bonds. The first-order valence-corrected chi connectivity index (χ1v) is 11.3. The number of thiophene rings is 1. The number of rotatable bonds is 6. The summed E-state index contributed by atoms with van der Waals surface area (Å²) < 4.78 is 2.13. The number of halogens is 1. The molecular formula is C22H23ClN4O2S. The molecule has 0 saturated carbocycles. The number of amides is 1. The van der Waals surface area contributed by atoms with Gasteiger partial charge in [0.25, 0.3) is 0 Å². The molecule has 0 saturated heterocycles. The summed E-state index contributed by atoms with van der Waals surface area (Å²) in [5, 5.41) is 12.1.